The third kappa shape index (κ3) is 4.95. The van der Waals surface area contributed by atoms with Gasteiger partial charge in [0.15, 0.2) is 0 Å². The molecule has 2 N–H and O–H groups in total. The van der Waals surface area contributed by atoms with E-state index in [9.17, 15) is 4.79 Å². The lowest BCUT2D eigenvalue weighted by molar-refractivity contribution is 0.134. The monoisotopic (exact) mass is 337 g/mol. The van der Waals surface area contributed by atoms with Crippen molar-refractivity contribution < 1.29 is 9.90 Å². The molecule has 0 spiro atoms. The van der Waals surface area contributed by atoms with Gasteiger partial charge in [0.05, 0.1) is 5.69 Å². The van der Waals surface area contributed by atoms with E-state index >= 15 is 0 Å². The Bertz CT molecular complexity index is 523. The smallest absolute Gasteiger partial charge is 0.323 e. The van der Waals surface area contributed by atoms with Crippen LogP contribution < -0.4 is 5.32 Å². The van der Waals surface area contributed by atoms with Crippen LogP contribution in [-0.4, -0.2) is 70.0 Å². The number of hydrogen-bond donors (Lipinski definition) is 2. The number of aliphatic hydroxyl groups excluding tert-OH is 1. The Labute approximate surface area is 144 Å². The lowest BCUT2D eigenvalue weighted by atomic mass is 10.0. The Hall–Kier alpha value is -1.60. The second kappa shape index (κ2) is 9.03. The molecule has 136 valence electrons. The predicted octanol–water partition coefficient (Wildman–Crippen LogP) is 1.68. The van der Waals surface area contributed by atoms with Gasteiger partial charge in [-0.15, -0.1) is 0 Å². The second-order valence-corrected chi connectivity index (χ2v) is 6.60. The van der Waals surface area contributed by atoms with Crippen molar-refractivity contribution in [2.24, 2.45) is 7.05 Å². The quantitative estimate of drug-likeness (QED) is 0.794. The molecule has 0 aliphatic carbocycles. The summed E-state index contributed by atoms with van der Waals surface area (Å²) in [5.74, 6) is 0.755. The van der Waals surface area contributed by atoms with Crippen LogP contribution in [0, 0.1) is 0 Å². The third-order valence-corrected chi connectivity index (χ3v) is 4.72. The van der Waals surface area contributed by atoms with Gasteiger partial charge in [0, 0.05) is 45.4 Å². The first-order valence-corrected chi connectivity index (χ1v) is 8.95. The maximum atomic E-state index is 12.5. The van der Waals surface area contributed by atoms with Crippen LogP contribution in [-0.2, 0) is 13.5 Å². The molecule has 1 aliphatic heterocycles. The number of aliphatic hydroxyl groups is 1. The normalized spacial score (nSPS) is 16.0. The van der Waals surface area contributed by atoms with Crippen LogP contribution in [0.5, 0.6) is 0 Å². The molecule has 0 radical (unpaired) electrons. The number of carbonyl (C=O) groups excluding carboxylic acids is 1. The average Bonchev–Trinajstić information content (AvgIpc) is 2.92. The molecule has 2 heterocycles. The summed E-state index contributed by atoms with van der Waals surface area (Å²) >= 11 is 0. The lowest BCUT2D eigenvalue weighted by Crippen LogP contribution is -2.47. The fourth-order valence-electron chi connectivity index (χ4n) is 3.22. The van der Waals surface area contributed by atoms with Crippen LogP contribution >= 0.6 is 0 Å². The summed E-state index contributed by atoms with van der Waals surface area (Å²) < 4.78 is 1.73. The summed E-state index contributed by atoms with van der Waals surface area (Å²) in [4.78, 5) is 16.6. The van der Waals surface area contributed by atoms with E-state index in [-0.39, 0.29) is 12.6 Å². The number of likely N-dealkylation sites (tertiary alicyclic amines) is 1. The zero-order chi connectivity index (χ0) is 17.5. The number of nitrogens with zero attached hydrogens (tertiary/aromatic N) is 4. The Balaban J connectivity index is 1.82. The minimum absolute atomic E-state index is 0.0440. The fourth-order valence-corrected chi connectivity index (χ4v) is 3.22. The van der Waals surface area contributed by atoms with Gasteiger partial charge in [0.2, 0.25) is 0 Å². The molecule has 0 bridgehead atoms. The van der Waals surface area contributed by atoms with E-state index in [1.54, 1.807) is 4.68 Å². The molecule has 0 aromatic carbocycles. The first-order valence-electron chi connectivity index (χ1n) is 8.95. The number of aromatic nitrogens is 2. The van der Waals surface area contributed by atoms with Crippen molar-refractivity contribution in [1.29, 1.82) is 0 Å². The number of aryl methyl sites for hydroxylation is 2. The molecule has 1 aromatic rings. The van der Waals surface area contributed by atoms with Crippen molar-refractivity contribution in [3.63, 3.8) is 0 Å². The topological polar surface area (TPSA) is 73.6 Å². The zero-order valence-electron chi connectivity index (χ0n) is 15.2. The second-order valence-electron chi connectivity index (χ2n) is 6.60. The number of rotatable bonds is 7. The maximum Gasteiger partial charge on any atom is 0.323 e. The van der Waals surface area contributed by atoms with Crippen LogP contribution in [0.15, 0.2) is 6.07 Å². The summed E-state index contributed by atoms with van der Waals surface area (Å²) in [5.41, 5.74) is 1.01. The molecule has 2 amide bonds. The van der Waals surface area contributed by atoms with E-state index in [1.807, 2.05) is 18.0 Å². The van der Waals surface area contributed by atoms with Gasteiger partial charge in [0.25, 0.3) is 0 Å². The molecule has 1 aromatic heterocycles. The molecule has 24 heavy (non-hydrogen) atoms. The molecule has 7 nitrogen and oxygen atoms in total. The van der Waals surface area contributed by atoms with E-state index in [4.69, 9.17) is 5.11 Å². The average molecular weight is 337 g/mol. The molecule has 1 fully saturated rings. The first-order chi connectivity index (χ1) is 11.5. The summed E-state index contributed by atoms with van der Waals surface area (Å²) in [7, 11) is 3.96. The number of urea groups is 1. The fraction of sp³-hybridized carbons (Fsp3) is 0.765. The summed E-state index contributed by atoms with van der Waals surface area (Å²) in [6.45, 7) is 4.78. The zero-order valence-corrected chi connectivity index (χ0v) is 15.2. The molecule has 0 atom stereocenters. The Morgan fingerprint density at radius 2 is 2.17 bits per heavy atom. The summed E-state index contributed by atoms with van der Waals surface area (Å²) in [6, 6.07) is 2.41. The highest BCUT2D eigenvalue weighted by Gasteiger charge is 2.25. The SMILES string of the molecule is CCCc1cc(NC(=O)N2CCC(N(C)CCCO)CC2)n(C)n1. The van der Waals surface area contributed by atoms with Gasteiger partial charge in [-0.3, -0.25) is 10.00 Å². The molecule has 1 saturated heterocycles. The molecule has 1 aliphatic rings. The summed E-state index contributed by atoms with van der Waals surface area (Å²) in [5, 5.41) is 16.3. The highest BCUT2D eigenvalue weighted by atomic mass is 16.3. The number of piperidine rings is 1. The predicted molar refractivity (Wildman–Crippen MR) is 95.1 cm³/mol. The maximum absolute atomic E-state index is 12.5. The molecule has 7 heteroatoms. The highest BCUT2D eigenvalue weighted by molar-refractivity contribution is 5.88. The largest absolute Gasteiger partial charge is 0.396 e. The number of hydrogen-bond acceptors (Lipinski definition) is 4. The lowest BCUT2D eigenvalue weighted by Gasteiger charge is -2.36. The minimum atomic E-state index is -0.0440. The molecule has 0 unspecified atom stereocenters. The van der Waals surface area contributed by atoms with Crippen LogP contribution in [0.25, 0.3) is 0 Å². The van der Waals surface area contributed by atoms with Crippen LogP contribution in [0.1, 0.15) is 38.3 Å². The number of nitrogens with one attached hydrogen (secondary N) is 1. The number of anilines is 1. The highest BCUT2D eigenvalue weighted by Crippen LogP contribution is 2.17. The Morgan fingerprint density at radius 1 is 1.46 bits per heavy atom. The van der Waals surface area contributed by atoms with E-state index in [0.29, 0.717) is 6.04 Å². The van der Waals surface area contributed by atoms with Gasteiger partial charge in [-0.25, -0.2) is 4.79 Å². The minimum Gasteiger partial charge on any atom is -0.396 e. The van der Waals surface area contributed by atoms with Crippen molar-refractivity contribution in [1.82, 2.24) is 19.6 Å². The molecular weight excluding hydrogens is 306 g/mol. The van der Waals surface area contributed by atoms with E-state index < -0.39 is 0 Å². The van der Waals surface area contributed by atoms with Crippen LogP contribution in [0.2, 0.25) is 0 Å². The Morgan fingerprint density at radius 3 is 2.79 bits per heavy atom. The van der Waals surface area contributed by atoms with Gasteiger partial charge in [0.1, 0.15) is 5.82 Å². The van der Waals surface area contributed by atoms with Crippen molar-refractivity contribution in [2.45, 2.75) is 45.1 Å². The standard InChI is InChI=1S/C17H31N5O2/c1-4-6-14-13-16(21(3)19-14)18-17(24)22-10-7-15(8-11-22)20(2)9-5-12-23/h13,15,23H,4-12H2,1-3H3,(H,18,24). The van der Waals surface area contributed by atoms with E-state index in [1.165, 1.54) is 0 Å². The van der Waals surface area contributed by atoms with Gasteiger partial charge in [-0.05, 0) is 32.7 Å². The van der Waals surface area contributed by atoms with Gasteiger partial charge < -0.3 is 14.9 Å². The van der Waals surface area contributed by atoms with Crippen molar-refractivity contribution in [2.75, 3.05) is 38.6 Å². The summed E-state index contributed by atoms with van der Waals surface area (Å²) in [6.07, 6.45) is 4.72. The van der Waals surface area contributed by atoms with E-state index in [0.717, 1.165) is 63.3 Å². The Kier molecular flexibility index (Phi) is 7.05. The van der Waals surface area contributed by atoms with Crippen molar-refractivity contribution >= 4 is 11.8 Å². The molecular formula is C17H31N5O2. The third-order valence-electron chi connectivity index (χ3n) is 4.72. The van der Waals surface area contributed by atoms with Gasteiger partial charge in [-0.2, -0.15) is 5.10 Å². The first kappa shape index (κ1) is 18.7. The molecule has 2 rings (SSSR count). The van der Waals surface area contributed by atoms with Crippen LogP contribution in [0.3, 0.4) is 0 Å². The number of amides is 2. The van der Waals surface area contributed by atoms with Gasteiger partial charge >= 0.3 is 6.03 Å². The van der Waals surface area contributed by atoms with Crippen molar-refractivity contribution in [3.8, 4) is 0 Å². The van der Waals surface area contributed by atoms with E-state index in [2.05, 4.69) is 29.3 Å². The molecule has 0 saturated carbocycles. The number of carbonyl (C=O) groups is 1. The van der Waals surface area contributed by atoms with Crippen LogP contribution in [0.4, 0.5) is 10.6 Å². The van der Waals surface area contributed by atoms with Gasteiger partial charge in [-0.1, -0.05) is 13.3 Å². The van der Waals surface area contributed by atoms with Crippen molar-refractivity contribution in [3.05, 3.63) is 11.8 Å².